The van der Waals surface area contributed by atoms with Crippen LogP contribution < -0.4 is 20.9 Å². The highest BCUT2D eigenvalue weighted by atomic mass is 35.5. The summed E-state index contributed by atoms with van der Waals surface area (Å²) in [5.41, 5.74) is 15.2. The molecule has 2 aromatic rings. The van der Waals surface area contributed by atoms with E-state index in [-0.39, 0.29) is 12.4 Å². The van der Waals surface area contributed by atoms with Crippen molar-refractivity contribution >= 4 is 23.8 Å². The molecular weight excluding hydrogens is 336 g/mol. The van der Waals surface area contributed by atoms with Crippen LogP contribution in [-0.4, -0.2) is 13.2 Å². The van der Waals surface area contributed by atoms with Gasteiger partial charge in [-0.2, -0.15) is 0 Å². The fraction of sp³-hybridized carbons (Fsp3) is 0.400. The molecule has 0 amide bonds. The van der Waals surface area contributed by atoms with Crippen LogP contribution in [0.15, 0.2) is 36.4 Å². The van der Waals surface area contributed by atoms with Crippen molar-refractivity contribution < 1.29 is 9.47 Å². The number of hydrogen-bond donors (Lipinski definition) is 2. The molecule has 5 heteroatoms. The maximum atomic E-state index is 5.96. The molecule has 0 aliphatic carbocycles. The Morgan fingerprint density at radius 2 is 1.12 bits per heavy atom. The van der Waals surface area contributed by atoms with Crippen LogP contribution in [0.3, 0.4) is 0 Å². The second kappa shape index (κ2) is 10.7. The Bertz CT molecular complexity index is 605. The van der Waals surface area contributed by atoms with E-state index >= 15 is 0 Å². The molecule has 25 heavy (non-hydrogen) atoms. The smallest absolute Gasteiger partial charge is 0.129 e. The highest BCUT2D eigenvalue weighted by Crippen LogP contribution is 2.38. The zero-order valence-corrected chi connectivity index (χ0v) is 15.9. The Morgan fingerprint density at radius 3 is 1.48 bits per heavy atom. The van der Waals surface area contributed by atoms with Crippen molar-refractivity contribution in [2.75, 3.05) is 24.7 Å². The third-order valence-electron chi connectivity index (χ3n) is 3.81. The molecule has 0 unspecified atom stereocenters. The summed E-state index contributed by atoms with van der Waals surface area (Å²) in [4.78, 5) is 0. The summed E-state index contributed by atoms with van der Waals surface area (Å²) in [6.07, 6.45) is 4.20. The number of rotatable bonds is 9. The van der Waals surface area contributed by atoms with Gasteiger partial charge in [0.2, 0.25) is 0 Å². The van der Waals surface area contributed by atoms with Crippen LogP contribution in [0, 0.1) is 0 Å². The Hall–Kier alpha value is -2.07. The van der Waals surface area contributed by atoms with Gasteiger partial charge in [-0.1, -0.05) is 26.7 Å². The molecule has 0 saturated carbocycles. The Kier molecular flexibility index (Phi) is 9.00. The first-order chi connectivity index (χ1) is 11.7. The zero-order valence-electron chi connectivity index (χ0n) is 15.1. The van der Waals surface area contributed by atoms with Gasteiger partial charge in [-0.25, -0.2) is 0 Å². The van der Waals surface area contributed by atoms with E-state index in [4.69, 9.17) is 20.9 Å². The van der Waals surface area contributed by atoms with Gasteiger partial charge in [0.1, 0.15) is 11.5 Å². The van der Waals surface area contributed by atoms with Crippen molar-refractivity contribution in [1.82, 2.24) is 0 Å². The summed E-state index contributed by atoms with van der Waals surface area (Å²) in [5, 5.41) is 0. The second-order valence-corrected chi connectivity index (χ2v) is 5.92. The van der Waals surface area contributed by atoms with E-state index in [2.05, 4.69) is 13.8 Å². The Morgan fingerprint density at radius 1 is 0.720 bits per heavy atom. The molecule has 0 saturated heterocycles. The molecule has 0 aromatic heterocycles. The number of anilines is 2. The molecule has 0 atom stereocenters. The lowest BCUT2D eigenvalue weighted by atomic mass is 10.0. The van der Waals surface area contributed by atoms with Gasteiger partial charge in [0.15, 0.2) is 0 Å². The fourth-order valence-corrected chi connectivity index (χ4v) is 2.41. The van der Waals surface area contributed by atoms with Crippen LogP contribution in [0.5, 0.6) is 11.5 Å². The van der Waals surface area contributed by atoms with Crippen molar-refractivity contribution in [3.05, 3.63) is 36.4 Å². The zero-order chi connectivity index (χ0) is 17.4. The van der Waals surface area contributed by atoms with Crippen molar-refractivity contribution in [1.29, 1.82) is 0 Å². The van der Waals surface area contributed by atoms with Crippen LogP contribution in [0.25, 0.3) is 11.1 Å². The topological polar surface area (TPSA) is 70.5 Å². The largest absolute Gasteiger partial charge is 0.493 e. The number of hydrogen-bond acceptors (Lipinski definition) is 4. The van der Waals surface area contributed by atoms with Crippen LogP contribution in [-0.2, 0) is 0 Å². The maximum absolute atomic E-state index is 5.96. The fourth-order valence-electron chi connectivity index (χ4n) is 2.41. The van der Waals surface area contributed by atoms with Crippen molar-refractivity contribution in [3.63, 3.8) is 0 Å². The van der Waals surface area contributed by atoms with Gasteiger partial charge in [0.05, 0.1) is 13.2 Å². The minimum atomic E-state index is 0. The minimum Gasteiger partial charge on any atom is -0.493 e. The van der Waals surface area contributed by atoms with Crippen LogP contribution in [0.1, 0.15) is 39.5 Å². The number of ether oxygens (including phenoxy) is 2. The Balaban J connectivity index is 0.00000312. The van der Waals surface area contributed by atoms with E-state index in [9.17, 15) is 0 Å². The monoisotopic (exact) mass is 364 g/mol. The molecule has 0 radical (unpaired) electrons. The summed E-state index contributed by atoms with van der Waals surface area (Å²) in [6.45, 7) is 5.63. The highest BCUT2D eigenvalue weighted by Gasteiger charge is 2.13. The number of benzene rings is 2. The summed E-state index contributed by atoms with van der Waals surface area (Å²) >= 11 is 0. The third kappa shape index (κ3) is 6.05. The van der Waals surface area contributed by atoms with Gasteiger partial charge in [-0.3, -0.25) is 0 Å². The van der Waals surface area contributed by atoms with E-state index < -0.39 is 0 Å². The van der Waals surface area contributed by atoms with E-state index in [0.29, 0.717) is 24.6 Å². The standard InChI is InChI=1S/C20H28N2O2.ClH/c1-3-5-11-23-19-13-15(21)7-9-17(19)18-10-8-16(22)14-20(18)24-12-6-4-2;/h7-10,13-14H,3-6,11-12,21-22H2,1-2H3;1H. The molecule has 4 nitrogen and oxygen atoms in total. The van der Waals surface area contributed by atoms with E-state index in [1.165, 1.54) is 0 Å². The average Bonchev–Trinajstić information content (AvgIpc) is 2.56. The van der Waals surface area contributed by atoms with Crippen LogP contribution in [0.4, 0.5) is 11.4 Å². The van der Waals surface area contributed by atoms with Gasteiger partial charge >= 0.3 is 0 Å². The molecule has 0 aliphatic heterocycles. The normalized spacial score (nSPS) is 10.2. The number of unbranched alkanes of at least 4 members (excludes halogenated alkanes) is 2. The molecule has 138 valence electrons. The van der Waals surface area contributed by atoms with Crippen molar-refractivity contribution in [2.24, 2.45) is 0 Å². The SMILES string of the molecule is CCCCOc1cc(N)ccc1-c1ccc(N)cc1OCCCC.Cl. The molecular formula is C20H29ClN2O2. The first-order valence-corrected chi connectivity index (χ1v) is 8.70. The third-order valence-corrected chi connectivity index (χ3v) is 3.81. The van der Waals surface area contributed by atoms with Crippen LogP contribution >= 0.6 is 12.4 Å². The van der Waals surface area contributed by atoms with E-state index in [1.54, 1.807) is 0 Å². The van der Waals surface area contributed by atoms with Gasteiger partial charge in [0, 0.05) is 34.6 Å². The number of halogens is 1. The minimum absolute atomic E-state index is 0. The molecule has 2 aromatic carbocycles. The first kappa shape index (κ1) is 21.0. The summed E-state index contributed by atoms with van der Waals surface area (Å²) in [5.74, 6) is 1.57. The van der Waals surface area contributed by atoms with Gasteiger partial charge in [-0.15, -0.1) is 12.4 Å². The average molecular weight is 365 g/mol. The lowest BCUT2D eigenvalue weighted by Crippen LogP contribution is -2.02. The predicted octanol–water partition coefficient (Wildman–Crippen LogP) is 5.30. The lowest BCUT2D eigenvalue weighted by Gasteiger charge is -2.16. The lowest BCUT2D eigenvalue weighted by molar-refractivity contribution is 0.306. The molecule has 4 N–H and O–H groups in total. The molecule has 0 aliphatic rings. The van der Waals surface area contributed by atoms with Gasteiger partial charge < -0.3 is 20.9 Å². The molecule has 0 heterocycles. The van der Waals surface area contributed by atoms with Crippen molar-refractivity contribution in [3.8, 4) is 22.6 Å². The second-order valence-electron chi connectivity index (χ2n) is 5.92. The quantitative estimate of drug-likeness (QED) is 0.468. The van der Waals surface area contributed by atoms with Crippen molar-refractivity contribution in [2.45, 2.75) is 39.5 Å². The number of nitrogens with two attached hydrogens (primary N) is 2. The van der Waals surface area contributed by atoms with Gasteiger partial charge in [0.25, 0.3) is 0 Å². The molecule has 2 rings (SSSR count). The van der Waals surface area contributed by atoms with E-state index in [1.807, 2.05) is 36.4 Å². The summed E-state index contributed by atoms with van der Waals surface area (Å²) in [7, 11) is 0. The maximum Gasteiger partial charge on any atom is 0.129 e. The summed E-state index contributed by atoms with van der Waals surface area (Å²) in [6, 6.07) is 11.5. The summed E-state index contributed by atoms with van der Waals surface area (Å²) < 4.78 is 11.9. The molecule has 0 bridgehead atoms. The van der Waals surface area contributed by atoms with Gasteiger partial charge in [-0.05, 0) is 37.1 Å². The van der Waals surface area contributed by atoms with Crippen LogP contribution in [0.2, 0.25) is 0 Å². The Labute approximate surface area is 156 Å². The number of nitrogen functional groups attached to an aromatic ring is 2. The molecule has 0 fully saturated rings. The van der Waals surface area contributed by atoms with E-state index in [0.717, 1.165) is 48.3 Å². The predicted molar refractivity (Wildman–Crippen MR) is 109 cm³/mol. The first-order valence-electron chi connectivity index (χ1n) is 8.70. The highest BCUT2D eigenvalue weighted by molar-refractivity contribution is 5.85. The molecule has 0 spiro atoms.